The Morgan fingerprint density at radius 1 is 1.38 bits per heavy atom. The normalized spacial score (nSPS) is 21.2. The highest BCUT2D eigenvalue weighted by atomic mass is 16.5. The van der Waals surface area contributed by atoms with Gasteiger partial charge in [0.25, 0.3) is 5.82 Å². The Morgan fingerprint density at radius 3 is 2.96 bits per heavy atom. The van der Waals surface area contributed by atoms with Crippen LogP contribution in [0.5, 0.6) is 0 Å². The van der Waals surface area contributed by atoms with Crippen molar-refractivity contribution in [3.05, 3.63) is 35.1 Å². The number of hydrogen-bond acceptors (Lipinski definition) is 5. The van der Waals surface area contributed by atoms with Crippen molar-refractivity contribution < 1.29 is 18.9 Å². The summed E-state index contributed by atoms with van der Waals surface area (Å²) in [7, 11) is 0. The molecule has 2 N–H and O–H groups in total. The van der Waals surface area contributed by atoms with Crippen LogP contribution in [0.3, 0.4) is 0 Å². The van der Waals surface area contributed by atoms with Crippen LogP contribution in [-0.4, -0.2) is 24.9 Å². The van der Waals surface area contributed by atoms with E-state index < -0.39 is 0 Å². The predicted molar refractivity (Wildman–Crippen MR) is 95.5 cm³/mol. The fraction of sp³-hybridized carbons (Fsp3) is 0.500. The molecule has 26 heavy (non-hydrogen) atoms. The Bertz CT molecular complexity index is 831. The number of H-pyrrole nitrogens is 1. The van der Waals surface area contributed by atoms with Gasteiger partial charge >= 0.3 is 0 Å². The molecular formula is C20H24N3O3+. The van der Waals surface area contributed by atoms with Gasteiger partial charge in [-0.05, 0) is 44.4 Å². The average Bonchev–Trinajstić information content (AvgIpc) is 3.31. The molecule has 2 aromatic rings. The number of fused-ring (bicyclic) bond motifs is 1. The molecule has 0 aromatic carbocycles. The molecule has 2 aliphatic rings. The standard InChI is InChI=1S/C20H23N3O3/c1-20(2)9-14-15(10-21)19(22-11-13-5-3-7-24-13)23-18(16(14)12-26-20)17-6-4-8-25-17/h4,6,8,13H,3,5,7,9,11-12H2,1-2H3,(H,22,23)/p+1/t13-/m0/s1. The van der Waals surface area contributed by atoms with E-state index in [0.29, 0.717) is 25.1 Å². The zero-order valence-corrected chi connectivity index (χ0v) is 15.2. The molecule has 0 unspecified atom stereocenters. The summed E-state index contributed by atoms with van der Waals surface area (Å²) >= 11 is 0. The monoisotopic (exact) mass is 354 g/mol. The minimum Gasteiger partial charge on any atom is -0.461 e. The van der Waals surface area contributed by atoms with E-state index in [1.54, 1.807) is 6.26 Å². The maximum absolute atomic E-state index is 9.85. The van der Waals surface area contributed by atoms with Crippen LogP contribution in [0.25, 0.3) is 11.5 Å². The number of aromatic amines is 1. The highest BCUT2D eigenvalue weighted by Gasteiger charge is 2.35. The Morgan fingerprint density at radius 2 is 2.27 bits per heavy atom. The summed E-state index contributed by atoms with van der Waals surface area (Å²) in [6.45, 7) is 6.06. The third-order valence-corrected chi connectivity index (χ3v) is 5.09. The van der Waals surface area contributed by atoms with E-state index in [4.69, 9.17) is 13.9 Å². The van der Waals surface area contributed by atoms with Crippen LogP contribution < -0.4 is 10.3 Å². The first-order valence-corrected chi connectivity index (χ1v) is 9.12. The van der Waals surface area contributed by atoms with Crippen molar-refractivity contribution >= 4 is 5.82 Å². The molecule has 6 nitrogen and oxygen atoms in total. The molecule has 1 saturated heterocycles. The lowest BCUT2D eigenvalue weighted by Gasteiger charge is -2.32. The van der Waals surface area contributed by atoms with Crippen molar-refractivity contribution in [2.45, 2.75) is 51.4 Å². The molecule has 2 aliphatic heterocycles. The van der Waals surface area contributed by atoms with Gasteiger partial charge < -0.3 is 13.9 Å². The number of pyridine rings is 1. The van der Waals surface area contributed by atoms with E-state index in [0.717, 1.165) is 47.8 Å². The van der Waals surface area contributed by atoms with Gasteiger partial charge in [-0.3, -0.25) is 5.32 Å². The molecule has 0 amide bonds. The second-order valence-electron chi connectivity index (χ2n) is 7.54. The largest absolute Gasteiger partial charge is 0.461 e. The predicted octanol–water partition coefficient (Wildman–Crippen LogP) is 3.07. The number of nitrogens with zero attached hydrogens (tertiary/aromatic N) is 1. The molecule has 6 heteroatoms. The zero-order chi connectivity index (χ0) is 18.1. The topological polar surface area (TPSA) is 81.6 Å². The molecule has 0 aliphatic carbocycles. The van der Waals surface area contributed by atoms with Crippen molar-refractivity contribution in [3.8, 4) is 17.5 Å². The number of furan rings is 1. The third kappa shape index (κ3) is 3.20. The van der Waals surface area contributed by atoms with Crippen LogP contribution in [-0.2, 0) is 22.5 Å². The molecule has 136 valence electrons. The summed E-state index contributed by atoms with van der Waals surface area (Å²) in [6.07, 6.45) is 4.67. The molecule has 0 radical (unpaired) electrons. The molecule has 0 spiro atoms. The second kappa shape index (κ2) is 6.75. The zero-order valence-electron chi connectivity index (χ0n) is 15.2. The number of nitrogens with one attached hydrogen (secondary N) is 2. The van der Waals surface area contributed by atoms with E-state index in [1.807, 2.05) is 12.1 Å². The molecule has 4 heterocycles. The maximum Gasteiger partial charge on any atom is 0.291 e. The van der Waals surface area contributed by atoms with Crippen LogP contribution >= 0.6 is 0 Å². The van der Waals surface area contributed by atoms with E-state index in [-0.39, 0.29) is 11.7 Å². The summed E-state index contributed by atoms with van der Waals surface area (Å²) < 4.78 is 17.3. The van der Waals surface area contributed by atoms with Crippen LogP contribution in [0.15, 0.2) is 22.8 Å². The molecule has 0 bridgehead atoms. The molecule has 1 atom stereocenters. The van der Waals surface area contributed by atoms with Crippen molar-refractivity contribution in [1.29, 1.82) is 5.26 Å². The van der Waals surface area contributed by atoms with Gasteiger partial charge in [0.2, 0.25) is 0 Å². The lowest BCUT2D eigenvalue weighted by atomic mass is 9.87. The highest BCUT2D eigenvalue weighted by Crippen LogP contribution is 2.36. The van der Waals surface area contributed by atoms with E-state index in [2.05, 4.69) is 30.2 Å². The number of hydrogen-bond donors (Lipinski definition) is 1. The lowest BCUT2D eigenvalue weighted by Crippen LogP contribution is -2.35. The summed E-state index contributed by atoms with van der Waals surface area (Å²) in [5.41, 5.74) is 3.26. The highest BCUT2D eigenvalue weighted by molar-refractivity contribution is 5.64. The number of anilines is 1. The van der Waals surface area contributed by atoms with Gasteiger partial charge in [0.1, 0.15) is 18.2 Å². The minimum atomic E-state index is -0.299. The third-order valence-electron chi connectivity index (χ3n) is 5.09. The van der Waals surface area contributed by atoms with Gasteiger partial charge in [-0.2, -0.15) is 5.26 Å². The van der Waals surface area contributed by atoms with Crippen LogP contribution in [0.1, 0.15) is 43.4 Å². The van der Waals surface area contributed by atoms with Crippen LogP contribution in [0, 0.1) is 11.3 Å². The maximum atomic E-state index is 9.85. The van der Waals surface area contributed by atoms with Gasteiger partial charge in [0.15, 0.2) is 11.5 Å². The molecule has 2 aromatic heterocycles. The van der Waals surface area contributed by atoms with Crippen molar-refractivity contribution in [2.75, 3.05) is 18.5 Å². The molecule has 1 fully saturated rings. The van der Waals surface area contributed by atoms with Gasteiger partial charge in [0.05, 0.1) is 24.6 Å². The average molecular weight is 354 g/mol. The Labute approximate surface area is 153 Å². The second-order valence-corrected chi connectivity index (χ2v) is 7.54. The molecule has 0 saturated carbocycles. The summed E-state index contributed by atoms with van der Waals surface area (Å²) in [6, 6.07) is 6.17. The van der Waals surface area contributed by atoms with Crippen LogP contribution in [0.2, 0.25) is 0 Å². The smallest absolute Gasteiger partial charge is 0.291 e. The van der Waals surface area contributed by atoms with E-state index in [9.17, 15) is 5.26 Å². The number of ether oxygens (including phenoxy) is 2. The van der Waals surface area contributed by atoms with E-state index in [1.165, 1.54) is 0 Å². The number of rotatable bonds is 4. The Kier molecular flexibility index (Phi) is 4.43. The summed E-state index contributed by atoms with van der Waals surface area (Å²) in [4.78, 5) is 3.38. The van der Waals surface area contributed by atoms with Gasteiger partial charge in [-0.1, -0.05) is 0 Å². The summed E-state index contributed by atoms with van der Waals surface area (Å²) in [5.74, 6) is 1.47. The first-order valence-electron chi connectivity index (χ1n) is 9.12. The van der Waals surface area contributed by atoms with E-state index >= 15 is 0 Å². The quantitative estimate of drug-likeness (QED) is 0.912. The molecular weight excluding hydrogens is 330 g/mol. The fourth-order valence-corrected chi connectivity index (χ4v) is 3.72. The van der Waals surface area contributed by atoms with Gasteiger partial charge in [-0.15, -0.1) is 0 Å². The number of nitriles is 1. The first-order chi connectivity index (χ1) is 12.6. The minimum absolute atomic E-state index is 0.192. The Hall–Kier alpha value is -2.36. The SMILES string of the molecule is CC1(C)Cc2c(C#N)c(NC[C@@H]3CCCO3)[nH+]c(-c3ccco3)c2CO1. The van der Waals surface area contributed by atoms with Crippen LogP contribution in [0.4, 0.5) is 5.82 Å². The summed E-state index contributed by atoms with van der Waals surface area (Å²) in [5, 5.41) is 13.3. The van der Waals surface area contributed by atoms with Crippen molar-refractivity contribution in [1.82, 2.24) is 0 Å². The Balaban J connectivity index is 1.77. The lowest BCUT2D eigenvalue weighted by molar-refractivity contribution is -0.350. The van der Waals surface area contributed by atoms with Crippen molar-refractivity contribution in [2.24, 2.45) is 0 Å². The van der Waals surface area contributed by atoms with Crippen molar-refractivity contribution in [3.63, 3.8) is 0 Å². The first kappa shape index (κ1) is 17.1. The fourth-order valence-electron chi connectivity index (χ4n) is 3.72. The van der Waals surface area contributed by atoms with Gasteiger partial charge in [-0.25, -0.2) is 4.98 Å². The number of aromatic nitrogens is 1. The van der Waals surface area contributed by atoms with Gasteiger partial charge in [0, 0.05) is 18.6 Å². The molecule has 4 rings (SSSR count).